The highest BCUT2D eigenvalue weighted by atomic mass is 29.3. The van der Waals surface area contributed by atoms with E-state index < -0.39 is 15.2 Å². The SMILES string of the molecule is CCCO[C@@H]1O[C@H]1C[Si](C)(C)[Si](C)(C)C[C@H]1O[C@H]1OCCC. The molecule has 6 heteroatoms. The lowest BCUT2D eigenvalue weighted by molar-refractivity contribution is 0.0505. The van der Waals surface area contributed by atoms with Crippen LogP contribution in [0.15, 0.2) is 0 Å². The lowest BCUT2D eigenvalue weighted by Gasteiger charge is -2.38. The predicted molar refractivity (Wildman–Crippen MR) is 94.4 cm³/mol. The molecule has 0 saturated carbocycles. The van der Waals surface area contributed by atoms with Gasteiger partial charge in [-0.05, 0) is 24.9 Å². The first-order valence-corrected chi connectivity index (χ1v) is 16.3. The molecule has 130 valence electrons. The monoisotopic (exact) mass is 346 g/mol. The summed E-state index contributed by atoms with van der Waals surface area (Å²) in [5, 5.41) is 0. The zero-order valence-electron chi connectivity index (χ0n) is 15.2. The van der Waals surface area contributed by atoms with Crippen LogP contribution in [-0.2, 0) is 18.9 Å². The summed E-state index contributed by atoms with van der Waals surface area (Å²) in [6.45, 7) is 16.0. The van der Waals surface area contributed by atoms with E-state index in [9.17, 15) is 0 Å². The van der Waals surface area contributed by atoms with Gasteiger partial charge in [0.05, 0.1) is 0 Å². The highest BCUT2D eigenvalue weighted by molar-refractivity contribution is 7.40. The summed E-state index contributed by atoms with van der Waals surface area (Å²) in [5.41, 5.74) is 0. The van der Waals surface area contributed by atoms with Crippen LogP contribution in [0.1, 0.15) is 26.7 Å². The van der Waals surface area contributed by atoms with Crippen LogP contribution in [0.2, 0.25) is 38.3 Å². The zero-order valence-corrected chi connectivity index (χ0v) is 17.2. The molecule has 22 heavy (non-hydrogen) atoms. The van der Waals surface area contributed by atoms with Gasteiger partial charge < -0.3 is 18.9 Å². The first-order valence-electron chi connectivity index (χ1n) is 8.85. The first kappa shape index (κ1) is 18.6. The van der Waals surface area contributed by atoms with Crippen LogP contribution < -0.4 is 0 Å². The second-order valence-corrected chi connectivity index (χ2v) is 24.5. The molecule has 0 N–H and O–H groups in total. The van der Waals surface area contributed by atoms with Gasteiger partial charge in [0.15, 0.2) is 12.6 Å². The molecule has 2 aliphatic rings. The Morgan fingerprint density at radius 2 is 1.09 bits per heavy atom. The highest BCUT2D eigenvalue weighted by Gasteiger charge is 2.53. The van der Waals surface area contributed by atoms with Gasteiger partial charge >= 0.3 is 0 Å². The smallest absolute Gasteiger partial charge is 0.184 e. The van der Waals surface area contributed by atoms with Crippen LogP contribution in [0, 0.1) is 0 Å². The molecule has 4 nitrogen and oxygen atoms in total. The van der Waals surface area contributed by atoms with E-state index in [1.54, 1.807) is 0 Å². The molecule has 0 aromatic carbocycles. The highest BCUT2D eigenvalue weighted by Crippen LogP contribution is 2.40. The fourth-order valence-corrected chi connectivity index (χ4v) is 11.1. The topological polar surface area (TPSA) is 43.5 Å². The minimum Gasteiger partial charge on any atom is -0.350 e. The van der Waals surface area contributed by atoms with Gasteiger partial charge in [-0.3, -0.25) is 0 Å². The molecule has 2 heterocycles. The van der Waals surface area contributed by atoms with Crippen molar-refractivity contribution in [3.63, 3.8) is 0 Å². The molecule has 0 unspecified atom stereocenters. The van der Waals surface area contributed by atoms with E-state index in [2.05, 4.69) is 40.0 Å². The minimum atomic E-state index is -1.30. The van der Waals surface area contributed by atoms with Crippen molar-refractivity contribution in [2.45, 2.75) is 89.8 Å². The summed E-state index contributed by atoms with van der Waals surface area (Å²) in [7, 11) is -2.60. The fraction of sp³-hybridized carbons (Fsp3) is 1.00. The average molecular weight is 347 g/mol. The molecule has 0 bridgehead atoms. The summed E-state index contributed by atoms with van der Waals surface area (Å²) >= 11 is 0. The van der Waals surface area contributed by atoms with Crippen molar-refractivity contribution >= 4 is 15.2 Å². The van der Waals surface area contributed by atoms with Gasteiger partial charge in [0.2, 0.25) is 0 Å². The van der Waals surface area contributed by atoms with E-state index in [0.29, 0.717) is 12.2 Å². The molecule has 2 rings (SSSR count). The van der Waals surface area contributed by atoms with Crippen molar-refractivity contribution in [2.24, 2.45) is 0 Å². The van der Waals surface area contributed by atoms with Crippen LogP contribution in [-0.4, -0.2) is 53.2 Å². The molecule has 0 amide bonds. The summed E-state index contributed by atoms with van der Waals surface area (Å²) in [4.78, 5) is 0. The number of ether oxygens (including phenoxy) is 4. The van der Waals surface area contributed by atoms with Gasteiger partial charge in [-0.2, -0.15) is 0 Å². The third-order valence-corrected chi connectivity index (χ3v) is 24.0. The summed E-state index contributed by atoms with van der Waals surface area (Å²) in [6, 6.07) is 2.46. The predicted octanol–water partition coefficient (Wildman–Crippen LogP) is 3.78. The molecule has 0 aliphatic carbocycles. The van der Waals surface area contributed by atoms with Gasteiger partial charge in [0.25, 0.3) is 0 Å². The lowest BCUT2D eigenvalue weighted by atomic mass is 10.5. The number of epoxide rings is 2. The molecule has 0 radical (unpaired) electrons. The second kappa shape index (κ2) is 7.44. The van der Waals surface area contributed by atoms with Crippen LogP contribution >= 0.6 is 0 Å². The van der Waals surface area contributed by atoms with Gasteiger partial charge in [-0.15, -0.1) is 0 Å². The van der Waals surface area contributed by atoms with E-state index in [-0.39, 0.29) is 12.6 Å². The minimum absolute atomic E-state index is 0.0781. The Labute approximate surface area is 137 Å². The number of rotatable bonds is 11. The third-order valence-electron chi connectivity index (χ3n) is 5.30. The molecular weight excluding hydrogens is 312 g/mol. The van der Waals surface area contributed by atoms with Crippen molar-refractivity contribution in [1.29, 1.82) is 0 Å². The normalized spacial score (nSPS) is 31.4. The van der Waals surface area contributed by atoms with Gasteiger partial charge in [-0.25, -0.2) is 0 Å². The van der Waals surface area contributed by atoms with Gasteiger partial charge in [-0.1, -0.05) is 40.0 Å². The van der Waals surface area contributed by atoms with Gasteiger partial charge in [0, 0.05) is 28.4 Å². The standard InChI is InChI=1S/C16H34O4Si2/c1-7-9-17-15-13(19-15)11-21(3,4)22(5,6)12-14-16(20-14)18-10-8-2/h13-16H,7-12H2,1-6H3/t13-,14+,15-,16-/m1/s1. The Bertz CT molecular complexity index is 328. The maximum absolute atomic E-state index is 5.72. The number of hydrogen-bond donors (Lipinski definition) is 0. The molecule has 2 fully saturated rings. The molecule has 2 saturated heterocycles. The molecule has 0 spiro atoms. The Balaban J connectivity index is 1.76. The maximum Gasteiger partial charge on any atom is 0.184 e. The van der Waals surface area contributed by atoms with E-state index in [1.165, 1.54) is 12.1 Å². The zero-order chi connectivity index (χ0) is 16.4. The molecule has 4 atom stereocenters. The van der Waals surface area contributed by atoms with E-state index in [1.807, 2.05) is 0 Å². The Morgan fingerprint density at radius 3 is 1.41 bits per heavy atom. The van der Waals surface area contributed by atoms with Crippen molar-refractivity contribution in [2.75, 3.05) is 13.2 Å². The largest absolute Gasteiger partial charge is 0.350 e. The molecule has 0 aromatic rings. The molecule has 0 aromatic heterocycles. The Kier molecular flexibility index (Phi) is 6.30. The maximum atomic E-state index is 5.72. The van der Waals surface area contributed by atoms with Crippen molar-refractivity contribution < 1.29 is 18.9 Å². The lowest BCUT2D eigenvalue weighted by Crippen LogP contribution is -2.56. The number of hydrogen-bond acceptors (Lipinski definition) is 4. The summed E-state index contributed by atoms with van der Waals surface area (Å²) in [6.07, 6.45) is 2.99. The van der Waals surface area contributed by atoms with Crippen LogP contribution in [0.25, 0.3) is 0 Å². The van der Waals surface area contributed by atoms with Crippen LogP contribution in [0.4, 0.5) is 0 Å². The Hall–Kier alpha value is 0.274. The molecule has 2 aliphatic heterocycles. The van der Waals surface area contributed by atoms with Gasteiger partial charge in [0.1, 0.15) is 12.2 Å². The van der Waals surface area contributed by atoms with Crippen molar-refractivity contribution in [3.05, 3.63) is 0 Å². The van der Waals surface area contributed by atoms with Crippen molar-refractivity contribution in [3.8, 4) is 0 Å². The van der Waals surface area contributed by atoms with Crippen LogP contribution in [0.3, 0.4) is 0 Å². The molecular formula is C16H34O4Si2. The summed E-state index contributed by atoms with van der Waals surface area (Å²) in [5.74, 6) is 0. The average Bonchev–Trinajstić information content (AvgIpc) is 3.32. The van der Waals surface area contributed by atoms with Crippen LogP contribution in [0.5, 0.6) is 0 Å². The van der Waals surface area contributed by atoms with Crippen molar-refractivity contribution in [1.82, 2.24) is 0 Å². The van der Waals surface area contributed by atoms with E-state index >= 15 is 0 Å². The second-order valence-electron chi connectivity index (χ2n) is 8.00. The quantitative estimate of drug-likeness (QED) is 0.422. The van der Waals surface area contributed by atoms with E-state index in [4.69, 9.17) is 18.9 Å². The summed E-state index contributed by atoms with van der Waals surface area (Å²) < 4.78 is 22.8. The van der Waals surface area contributed by atoms with E-state index in [0.717, 1.165) is 26.1 Å². The fourth-order valence-electron chi connectivity index (χ4n) is 2.86. The Morgan fingerprint density at radius 1 is 0.727 bits per heavy atom. The third kappa shape index (κ3) is 4.88. The first-order chi connectivity index (χ1) is 10.3.